The van der Waals surface area contributed by atoms with Crippen molar-refractivity contribution in [2.75, 3.05) is 6.54 Å². The summed E-state index contributed by atoms with van der Waals surface area (Å²) >= 11 is 5.78. The highest BCUT2D eigenvalue weighted by Gasteiger charge is 2.02. The summed E-state index contributed by atoms with van der Waals surface area (Å²) in [6, 6.07) is 7.40. The normalized spacial score (nSPS) is 11.3. The molecular formula is C13H16ClNO. The van der Waals surface area contributed by atoms with Gasteiger partial charge in [-0.3, -0.25) is 4.79 Å². The van der Waals surface area contributed by atoms with Crippen LogP contribution in [-0.4, -0.2) is 12.5 Å². The lowest BCUT2D eigenvalue weighted by Crippen LogP contribution is -2.24. The van der Waals surface area contributed by atoms with Gasteiger partial charge in [0.15, 0.2) is 0 Å². The fourth-order valence-corrected chi connectivity index (χ4v) is 1.38. The Hall–Kier alpha value is -1.28. The van der Waals surface area contributed by atoms with Gasteiger partial charge in [0.05, 0.1) is 0 Å². The van der Waals surface area contributed by atoms with Crippen LogP contribution in [0.2, 0.25) is 5.02 Å². The van der Waals surface area contributed by atoms with E-state index in [9.17, 15) is 4.79 Å². The molecule has 3 heteroatoms. The number of nitrogens with one attached hydrogen (secondary N) is 1. The van der Waals surface area contributed by atoms with E-state index in [1.165, 1.54) is 0 Å². The zero-order valence-corrected chi connectivity index (χ0v) is 10.3. The Morgan fingerprint density at radius 1 is 1.38 bits per heavy atom. The van der Waals surface area contributed by atoms with E-state index >= 15 is 0 Å². The van der Waals surface area contributed by atoms with Gasteiger partial charge in [0, 0.05) is 17.1 Å². The quantitative estimate of drug-likeness (QED) is 0.801. The molecule has 2 nitrogen and oxygen atoms in total. The van der Waals surface area contributed by atoms with E-state index in [0.717, 1.165) is 12.0 Å². The van der Waals surface area contributed by atoms with Gasteiger partial charge in [0.1, 0.15) is 0 Å². The molecule has 1 rings (SSSR count). The summed E-state index contributed by atoms with van der Waals surface area (Å²) in [6.45, 7) is 4.54. The van der Waals surface area contributed by atoms with Crippen LogP contribution >= 0.6 is 11.6 Å². The van der Waals surface area contributed by atoms with Crippen LogP contribution in [0.25, 0.3) is 6.08 Å². The van der Waals surface area contributed by atoms with Crippen LogP contribution in [0.1, 0.15) is 25.8 Å². The smallest absolute Gasteiger partial charge is 0.246 e. The van der Waals surface area contributed by atoms with Crippen molar-refractivity contribution in [2.45, 2.75) is 20.3 Å². The van der Waals surface area contributed by atoms with Crippen molar-refractivity contribution in [1.29, 1.82) is 0 Å². The van der Waals surface area contributed by atoms with Gasteiger partial charge in [-0.05, 0) is 37.1 Å². The summed E-state index contributed by atoms with van der Waals surface area (Å²) in [6.07, 6.45) is 2.79. The van der Waals surface area contributed by atoms with E-state index < -0.39 is 0 Å². The molecule has 0 fully saturated rings. The Bertz CT molecular complexity index is 381. The second-order valence-corrected chi connectivity index (χ2v) is 4.07. The minimum atomic E-state index is -0.0169. The molecule has 0 atom stereocenters. The van der Waals surface area contributed by atoms with Crippen molar-refractivity contribution in [3.63, 3.8) is 0 Å². The minimum Gasteiger partial charge on any atom is -0.352 e. The SMILES string of the molecule is CCCNC(=O)/C(C)=C/c1ccc(Cl)cc1. The highest BCUT2D eigenvalue weighted by molar-refractivity contribution is 6.30. The molecule has 0 radical (unpaired) electrons. The number of carbonyl (C=O) groups excluding carboxylic acids is 1. The molecule has 0 aliphatic carbocycles. The Morgan fingerprint density at radius 3 is 2.56 bits per heavy atom. The summed E-state index contributed by atoms with van der Waals surface area (Å²) in [5, 5.41) is 3.53. The number of hydrogen-bond donors (Lipinski definition) is 1. The third-order valence-corrected chi connectivity index (χ3v) is 2.40. The standard InChI is InChI=1S/C13H16ClNO/c1-3-8-15-13(16)10(2)9-11-4-6-12(14)7-5-11/h4-7,9H,3,8H2,1-2H3,(H,15,16)/b10-9+. The molecule has 0 aromatic heterocycles. The van der Waals surface area contributed by atoms with Crippen LogP contribution in [0.15, 0.2) is 29.8 Å². The molecule has 1 amide bonds. The molecule has 1 aromatic carbocycles. The third-order valence-electron chi connectivity index (χ3n) is 2.15. The lowest BCUT2D eigenvalue weighted by Gasteiger charge is -2.03. The molecule has 0 spiro atoms. The van der Waals surface area contributed by atoms with Gasteiger partial charge >= 0.3 is 0 Å². The Labute approximate surface area is 101 Å². The molecule has 0 aliphatic rings. The molecule has 86 valence electrons. The highest BCUT2D eigenvalue weighted by atomic mass is 35.5. The van der Waals surface area contributed by atoms with Gasteiger partial charge < -0.3 is 5.32 Å². The van der Waals surface area contributed by atoms with Crippen LogP contribution in [0.3, 0.4) is 0 Å². The van der Waals surface area contributed by atoms with Crippen LogP contribution in [-0.2, 0) is 4.79 Å². The van der Waals surface area contributed by atoms with Gasteiger partial charge in [-0.25, -0.2) is 0 Å². The van der Waals surface area contributed by atoms with Crippen LogP contribution < -0.4 is 5.32 Å². The molecular weight excluding hydrogens is 222 g/mol. The maximum absolute atomic E-state index is 11.6. The number of halogens is 1. The van der Waals surface area contributed by atoms with Crippen molar-refractivity contribution in [3.05, 3.63) is 40.4 Å². The largest absolute Gasteiger partial charge is 0.352 e. The lowest BCUT2D eigenvalue weighted by molar-refractivity contribution is -0.117. The predicted octanol–water partition coefficient (Wildman–Crippen LogP) is 3.27. The number of benzene rings is 1. The summed E-state index contributed by atoms with van der Waals surface area (Å²) in [5.41, 5.74) is 1.68. The van der Waals surface area contributed by atoms with Gasteiger partial charge in [-0.1, -0.05) is 30.7 Å². The molecule has 0 saturated heterocycles. The summed E-state index contributed by atoms with van der Waals surface area (Å²) < 4.78 is 0. The fraction of sp³-hybridized carbons (Fsp3) is 0.308. The summed E-state index contributed by atoms with van der Waals surface area (Å²) in [5.74, 6) is -0.0169. The zero-order chi connectivity index (χ0) is 12.0. The minimum absolute atomic E-state index is 0.0169. The summed E-state index contributed by atoms with van der Waals surface area (Å²) in [4.78, 5) is 11.6. The van der Waals surface area contributed by atoms with Gasteiger partial charge in [-0.15, -0.1) is 0 Å². The van der Waals surface area contributed by atoms with E-state index in [4.69, 9.17) is 11.6 Å². The molecule has 0 bridgehead atoms. The maximum atomic E-state index is 11.6. The number of hydrogen-bond acceptors (Lipinski definition) is 1. The van der Waals surface area contributed by atoms with Crippen molar-refractivity contribution >= 4 is 23.6 Å². The predicted molar refractivity (Wildman–Crippen MR) is 68.4 cm³/mol. The third kappa shape index (κ3) is 4.07. The maximum Gasteiger partial charge on any atom is 0.246 e. The van der Waals surface area contributed by atoms with Gasteiger partial charge in [-0.2, -0.15) is 0 Å². The monoisotopic (exact) mass is 237 g/mol. The number of amides is 1. The number of rotatable bonds is 4. The fourth-order valence-electron chi connectivity index (χ4n) is 1.25. The van der Waals surface area contributed by atoms with Crippen LogP contribution in [0.5, 0.6) is 0 Å². The molecule has 1 N–H and O–H groups in total. The molecule has 0 aliphatic heterocycles. The van der Waals surface area contributed by atoms with Gasteiger partial charge in [0.2, 0.25) is 5.91 Å². The van der Waals surface area contributed by atoms with Crippen LogP contribution in [0.4, 0.5) is 0 Å². The first-order chi connectivity index (χ1) is 7.63. The first kappa shape index (κ1) is 12.8. The topological polar surface area (TPSA) is 29.1 Å². The Balaban J connectivity index is 2.68. The molecule has 16 heavy (non-hydrogen) atoms. The van der Waals surface area contributed by atoms with E-state index in [0.29, 0.717) is 17.1 Å². The average molecular weight is 238 g/mol. The molecule has 0 heterocycles. The lowest BCUT2D eigenvalue weighted by atomic mass is 10.1. The van der Waals surface area contributed by atoms with E-state index in [1.54, 1.807) is 6.92 Å². The van der Waals surface area contributed by atoms with Gasteiger partial charge in [0.25, 0.3) is 0 Å². The molecule has 1 aromatic rings. The second kappa shape index (κ2) is 6.33. The Kier molecular flexibility index (Phi) is 5.06. The highest BCUT2D eigenvalue weighted by Crippen LogP contribution is 2.12. The second-order valence-electron chi connectivity index (χ2n) is 3.63. The van der Waals surface area contributed by atoms with Crippen LogP contribution in [0, 0.1) is 0 Å². The first-order valence-corrected chi connectivity index (χ1v) is 5.73. The van der Waals surface area contributed by atoms with Crippen molar-refractivity contribution in [1.82, 2.24) is 5.32 Å². The van der Waals surface area contributed by atoms with Crippen molar-refractivity contribution in [3.8, 4) is 0 Å². The zero-order valence-electron chi connectivity index (χ0n) is 9.59. The van der Waals surface area contributed by atoms with E-state index in [1.807, 2.05) is 37.3 Å². The van der Waals surface area contributed by atoms with E-state index in [2.05, 4.69) is 5.32 Å². The molecule has 0 unspecified atom stereocenters. The Morgan fingerprint density at radius 2 is 2.00 bits per heavy atom. The van der Waals surface area contributed by atoms with E-state index in [-0.39, 0.29) is 5.91 Å². The molecule has 0 saturated carbocycles. The van der Waals surface area contributed by atoms with Crippen molar-refractivity contribution in [2.24, 2.45) is 0 Å². The van der Waals surface area contributed by atoms with Crippen molar-refractivity contribution < 1.29 is 4.79 Å². The number of carbonyl (C=O) groups is 1. The summed E-state index contributed by atoms with van der Waals surface area (Å²) in [7, 11) is 0. The average Bonchev–Trinajstić information content (AvgIpc) is 2.29. The first-order valence-electron chi connectivity index (χ1n) is 5.35.